The fourth-order valence-electron chi connectivity index (χ4n) is 6.60. The summed E-state index contributed by atoms with van der Waals surface area (Å²) in [6.45, 7) is 1.91. The number of pyridine rings is 1. The van der Waals surface area contributed by atoms with Crippen LogP contribution in [0.15, 0.2) is 95.3 Å². The predicted molar refractivity (Wildman–Crippen MR) is 215 cm³/mol. The molecule has 3 atom stereocenters. The molecule has 3 aliphatic rings. The largest absolute Gasteiger partial charge is 0.504 e. The Morgan fingerprint density at radius 1 is 1.02 bits per heavy atom. The molecule has 0 aliphatic carbocycles. The van der Waals surface area contributed by atoms with Crippen molar-refractivity contribution in [1.29, 1.82) is 0 Å². The summed E-state index contributed by atoms with van der Waals surface area (Å²) in [7, 11) is 1.54. The number of hydrogen-bond donors (Lipinski definition) is 6. The van der Waals surface area contributed by atoms with Gasteiger partial charge in [-0.15, -0.1) is 28.5 Å². The van der Waals surface area contributed by atoms with E-state index >= 15 is 0 Å². The number of nitrogens with zero attached hydrogens (tertiary/aromatic N) is 5. The molecule has 4 heterocycles. The fourth-order valence-corrected chi connectivity index (χ4v) is 9.05. The summed E-state index contributed by atoms with van der Waals surface area (Å²) >= 11 is 2.38. The van der Waals surface area contributed by atoms with Gasteiger partial charge in [-0.1, -0.05) is 41.1 Å². The second kappa shape index (κ2) is 18.0. The van der Waals surface area contributed by atoms with Crippen molar-refractivity contribution in [3.63, 3.8) is 0 Å². The van der Waals surface area contributed by atoms with Crippen molar-refractivity contribution in [1.82, 2.24) is 30.7 Å². The zero-order chi connectivity index (χ0) is 43.3. The summed E-state index contributed by atoms with van der Waals surface area (Å²) in [6, 6.07) is 12.9. The Morgan fingerprint density at radius 3 is 2.38 bits per heavy atom. The number of imide groups is 1. The third kappa shape index (κ3) is 8.48. The van der Waals surface area contributed by atoms with Crippen molar-refractivity contribution < 1.29 is 58.4 Å². The maximum atomic E-state index is 14.1. The number of β-lactam (4-membered cyclic amide) rings is 1. The van der Waals surface area contributed by atoms with Gasteiger partial charge in [-0.3, -0.25) is 38.6 Å². The van der Waals surface area contributed by atoms with Crippen molar-refractivity contribution in [2.75, 3.05) is 43.2 Å². The van der Waals surface area contributed by atoms with Gasteiger partial charge in [0.05, 0.1) is 7.05 Å². The Morgan fingerprint density at radius 2 is 1.73 bits per heavy atom. The summed E-state index contributed by atoms with van der Waals surface area (Å²) in [5.41, 5.74) is -1.30. The summed E-state index contributed by atoms with van der Waals surface area (Å²) < 4.78 is 1.52. The summed E-state index contributed by atoms with van der Waals surface area (Å²) in [5.74, 6) is -6.04. The minimum Gasteiger partial charge on any atom is -0.504 e. The van der Waals surface area contributed by atoms with Gasteiger partial charge in [-0.05, 0) is 41.8 Å². The molecule has 60 heavy (non-hydrogen) atoms. The van der Waals surface area contributed by atoms with Gasteiger partial charge in [0.25, 0.3) is 5.91 Å². The Balaban J connectivity index is 1.15. The van der Waals surface area contributed by atoms with Crippen LogP contribution in [0.25, 0.3) is 6.08 Å². The molecule has 8 amide bonds. The first-order valence-electron chi connectivity index (χ1n) is 18.2. The third-order valence-electron chi connectivity index (χ3n) is 9.84. The molecule has 3 aliphatic heterocycles. The monoisotopic (exact) mass is 859 g/mol. The summed E-state index contributed by atoms with van der Waals surface area (Å²) in [6.07, 6.45) is 6.21. The van der Waals surface area contributed by atoms with Crippen molar-refractivity contribution >= 4 is 77.5 Å². The molecule has 0 bridgehead atoms. The van der Waals surface area contributed by atoms with Crippen LogP contribution in [-0.2, 0) is 33.6 Å². The number of urea groups is 1. The number of aromatic hydroxyl groups is 2. The average Bonchev–Trinajstić information content (AvgIpc) is 3.25. The lowest BCUT2D eigenvalue weighted by Gasteiger charge is -2.56. The van der Waals surface area contributed by atoms with Crippen molar-refractivity contribution in [3.05, 3.63) is 102 Å². The molecule has 6 rings (SSSR count). The number of benzene rings is 2. The van der Waals surface area contributed by atoms with Gasteiger partial charge >= 0.3 is 29.7 Å². The van der Waals surface area contributed by atoms with Crippen molar-refractivity contribution in [3.8, 4) is 11.5 Å². The topological polar surface area (TPSA) is 250 Å². The number of nitrogens with one attached hydrogen (secondary N) is 3. The smallest absolute Gasteiger partial charge is 0.352 e. The van der Waals surface area contributed by atoms with Crippen LogP contribution in [0.4, 0.5) is 4.79 Å². The van der Waals surface area contributed by atoms with E-state index in [0.29, 0.717) is 20.9 Å². The molecular formula is C39H39N8O11S2+. The maximum Gasteiger partial charge on any atom is 0.352 e. The van der Waals surface area contributed by atoms with E-state index in [1.807, 2.05) is 0 Å². The molecule has 2 aromatic carbocycles. The molecule has 1 aromatic heterocycles. The third-order valence-corrected chi connectivity index (χ3v) is 12.3. The Kier molecular flexibility index (Phi) is 12.8. The number of carbonyl (C=O) groups is 8. The molecule has 312 valence electrons. The quantitative estimate of drug-likeness (QED) is 0.0186. The van der Waals surface area contributed by atoms with E-state index in [-0.39, 0.29) is 60.3 Å². The van der Waals surface area contributed by atoms with Crippen LogP contribution in [0, 0.1) is 0 Å². The van der Waals surface area contributed by atoms with E-state index in [1.165, 1.54) is 75.9 Å². The van der Waals surface area contributed by atoms with Crippen LogP contribution >= 0.6 is 23.5 Å². The number of likely N-dealkylation sites (N-methyl/N-ethyl adjacent to an activating group) is 2. The van der Waals surface area contributed by atoms with E-state index in [2.05, 4.69) is 16.0 Å². The fraction of sp³-hybridized carbons (Fsp3) is 0.256. The first-order chi connectivity index (χ1) is 28.7. The number of rotatable bonds is 14. The van der Waals surface area contributed by atoms with Crippen molar-refractivity contribution in [2.45, 2.75) is 28.9 Å². The number of thioether (sulfide) groups is 2. The minimum absolute atomic E-state index is 0.0915. The SMILES string of the molecule is CCN1CCN(C(=O)N[C@@H](C(=O)N[C@]2(NC=O)C(=O)N3C(C(=O)O)=C(CSc4cc[n+](N(C)C(=O)C=Cc5ccc(O)c(O)c5)cc4)CS[C@@H]32)c2ccccc2)C(=O)C1=O. The van der Waals surface area contributed by atoms with Gasteiger partial charge in [0.2, 0.25) is 30.4 Å². The molecule has 0 radical (unpaired) electrons. The molecule has 6 N–H and O–H groups in total. The van der Waals surface area contributed by atoms with Crippen LogP contribution in [0.3, 0.4) is 0 Å². The number of aromatic nitrogens is 1. The lowest BCUT2D eigenvalue weighted by molar-refractivity contribution is -0.680. The molecular weight excluding hydrogens is 821 g/mol. The highest BCUT2D eigenvalue weighted by molar-refractivity contribution is 8.01. The van der Waals surface area contributed by atoms with E-state index in [1.54, 1.807) is 49.6 Å². The zero-order valence-electron chi connectivity index (χ0n) is 32.0. The van der Waals surface area contributed by atoms with Gasteiger partial charge < -0.3 is 36.2 Å². The maximum absolute atomic E-state index is 14.1. The van der Waals surface area contributed by atoms with Gasteiger partial charge in [0.15, 0.2) is 11.5 Å². The molecule has 0 saturated carbocycles. The van der Waals surface area contributed by atoms with Crippen LogP contribution in [0.1, 0.15) is 24.1 Å². The van der Waals surface area contributed by atoms with Crippen LogP contribution in [0.2, 0.25) is 0 Å². The van der Waals surface area contributed by atoms with Gasteiger partial charge in [0, 0.05) is 54.2 Å². The van der Waals surface area contributed by atoms with Crippen LogP contribution in [-0.4, -0.2) is 127 Å². The van der Waals surface area contributed by atoms with E-state index in [4.69, 9.17) is 0 Å². The van der Waals surface area contributed by atoms with Crippen LogP contribution < -0.4 is 25.6 Å². The minimum atomic E-state index is -2.11. The number of carboxylic acids is 1. The average molecular weight is 860 g/mol. The van der Waals surface area contributed by atoms with E-state index in [0.717, 1.165) is 16.7 Å². The number of fused-ring (bicyclic) bond motifs is 1. The van der Waals surface area contributed by atoms with E-state index in [9.17, 15) is 53.7 Å². The number of phenolic OH excluding ortho intramolecular Hbond substituents is 2. The number of piperazine rings is 1. The van der Waals surface area contributed by atoms with Crippen LogP contribution in [0.5, 0.6) is 11.5 Å². The summed E-state index contributed by atoms with van der Waals surface area (Å²) in [5, 5.41) is 37.1. The highest BCUT2D eigenvalue weighted by Gasteiger charge is 2.66. The number of amides is 8. The molecule has 2 fully saturated rings. The number of hydrogen-bond acceptors (Lipinski definition) is 12. The van der Waals surface area contributed by atoms with Gasteiger partial charge in [-0.2, -0.15) is 0 Å². The van der Waals surface area contributed by atoms with Crippen molar-refractivity contribution in [2.24, 2.45) is 0 Å². The standard InChI is InChI=1S/C39H38N8O11S2/c1-3-44-17-18-46(34(54)33(44)53)38(58)41-30(24-7-5-4-6-8-24)32(52)42-39(40-22-48)36(57)47-31(35(55)56)25(21-60-37(39)47)20-59-26-13-15-45(16-14-26)43(2)29(51)12-10-23-9-11-27(49)28(50)19-23/h4-16,19,22,30,37H,3,17-18,20-21H2,1-2H3,(H5-,40,41,42,48,49,50,51,52,53,54,55,56,58)/p+1/t30-,37-,39-/m1/s1. The molecule has 21 heteroatoms. The predicted octanol–water partition coefficient (Wildman–Crippen LogP) is 0.239. The molecule has 3 aromatic rings. The molecule has 0 spiro atoms. The molecule has 0 unspecified atom stereocenters. The lowest BCUT2D eigenvalue weighted by Crippen LogP contribution is -2.85. The first kappa shape index (κ1) is 42.7. The van der Waals surface area contributed by atoms with Gasteiger partial charge in [0.1, 0.15) is 17.1 Å². The highest BCUT2D eigenvalue weighted by Crippen LogP contribution is 2.46. The van der Waals surface area contributed by atoms with Gasteiger partial charge in [-0.25, -0.2) is 9.59 Å². The number of carbonyl (C=O) groups excluding carboxylic acids is 7. The number of phenols is 2. The normalized spacial score (nSPS) is 19.3. The Bertz CT molecular complexity index is 2310. The molecule has 2 saturated heterocycles. The second-order valence-corrected chi connectivity index (χ2v) is 15.6. The first-order valence-corrected chi connectivity index (χ1v) is 20.3. The number of carboxylic acid groups (broad SMARTS) is 1. The Labute approximate surface area is 350 Å². The zero-order valence-corrected chi connectivity index (χ0v) is 33.6. The highest BCUT2D eigenvalue weighted by atomic mass is 32.2. The summed E-state index contributed by atoms with van der Waals surface area (Å²) in [4.78, 5) is 108. The number of aliphatic carboxylic acids is 1. The Hall–Kier alpha value is -6.87. The van der Waals surface area contributed by atoms with E-state index < -0.39 is 58.6 Å². The second-order valence-electron chi connectivity index (χ2n) is 13.4. The lowest BCUT2D eigenvalue weighted by atomic mass is 9.94. The molecule has 19 nitrogen and oxygen atoms in total.